The van der Waals surface area contributed by atoms with E-state index in [0.29, 0.717) is 5.92 Å². The highest BCUT2D eigenvalue weighted by Gasteiger charge is 2.40. The van der Waals surface area contributed by atoms with Crippen molar-refractivity contribution in [3.8, 4) is 0 Å². The molecule has 2 atom stereocenters. The van der Waals surface area contributed by atoms with Gasteiger partial charge in [0.15, 0.2) is 0 Å². The Kier molecular flexibility index (Phi) is 4.32. The van der Waals surface area contributed by atoms with Crippen LogP contribution in [0.3, 0.4) is 0 Å². The van der Waals surface area contributed by atoms with Crippen molar-refractivity contribution in [2.75, 3.05) is 0 Å². The molecule has 0 radical (unpaired) electrons. The molecule has 2 saturated carbocycles. The fourth-order valence-corrected chi connectivity index (χ4v) is 3.27. The smallest absolute Gasteiger partial charge is 0.315 e. The summed E-state index contributed by atoms with van der Waals surface area (Å²) in [7, 11) is 0. The topological polar surface area (TPSA) is 78.4 Å². The molecule has 0 saturated heterocycles. The zero-order valence-corrected chi connectivity index (χ0v) is 11.6. The predicted octanol–water partition coefficient (Wildman–Crippen LogP) is 2.26. The van der Waals surface area contributed by atoms with Gasteiger partial charge in [-0.15, -0.1) is 0 Å². The van der Waals surface area contributed by atoms with Crippen LogP contribution in [0.25, 0.3) is 0 Å². The van der Waals surface area contributed by atoms with Gasteiger partial charge in [-0.25, -0.2) is 4.79 Å². The van der Waals surface area contributed by atoms with E-state index in [1.807, 2.05) is 0 Å². The molecule has 108 valence electrons. The second-order valence-corrected chi connectivity index (χ2v) is 6.27. The molecule has 2 rings (SSSR count). The minimum absolute atomic E-state index is 0.0293. The fraction of sp³-hybridized carbons (Fsp3) is 0.857. The quantitative estimate of drug-likeness (QED) is 0.731. The molecule has 19 heavy (non-hydrogen) atoms. The maximum absolute atomic E-state index is 12.0. The van der Waals surface area contributed by atoms with Gasteiger partial charge in [0.25, 0.3) is 0 Å². The van der Waals surface area contributed by atoms with Crippen LogP contribution >= 0.6 is 0 Å². The first-order chi connectivity index (χ1) is 8.99. The molecule has 2 amide bonds. The Balaban J connectivity index is 1.81. The third kappa shape index (κ3) is 3.85. The van der Waals surface area contributed by atoms with Crippen LogP contribution in [0.5, 0.6) is 0 Å². The predicted molar refractivity (Wildman–Crippen MR) is 71.9 cm³/mol. The number of aliphatic carboxylic acids is 1. The number of hydrogen-bond acceptors (Lipinski definition) is 2. The molecule has 2 aliphatic rings. The molecule has 2 aliphatic carbocycles. The molecule has 5 nitrogen and oxygen atoms in total. The number of nitrogens with one attached hydrogen (secondary N) is 2. The maximum atomic E-state index is 12.0. The molecule has 0 spiro atoms. The van der Waals surface area contributed by atoms with E-state index in [1.54, 1.807) is 0 Å². The van der Waals surface area contributed by atoms with E-state index in [4.69, 9.17) is 5.11 Å². The lowest BCUT2D eigenvalue weighted by Gasteiger charge is -2.42. The van der Waals surface area contributed by atoms with E-state index >= 15 is 0 Å². The van der Waals surface area contributed by atoms with Crippen molar-refractivity contribution in [3.05, 3.63) is 0 Å². The Hall–Kier alpha value is -1.26. The number of hydrogen-bond donors (Lipinski definition) is 3. The Labute approximate surface area is 114 Å². The van der Waals surface area contributed by atoms with Crippen molar-refractivity contribution in [3.63, 3.8) is 0 Å². The molecule has 0 aromatic carbocycles. The van der Waals surface area contributed by atoms with Crippen LogP contribution < -0.4 is 10.6 Å². The summed E-state index contributed by atoms with van der Waals surface area (Å²) in [5.41, 5.74) is -0.504. The SMILES string of the molecule is CC1CCCC(NC(=O)NC2(CC(=O)O)CCC2)C1. The summed E-state index contributed by atoms with van der Waals surface area (Å²) in [5.74, 6) is -0.179. The van der Waals surface area contributed by atoms with E-state index in [1.165, 1.54) is 6.42 Å². The Morgan fingerprint density at radius 2 is 2.00 bits per heavy atom. The van der Waals surface area contributed by atoms with Crippen LogP contribution in [0.4, 0.5) is 4.79 Å². The number of carbonyl (C=O) groups excluding carboxylic acids is 1. The third-order valence-corrected chi connectivity index (χ3v) is 4.45. The Morgan fingerprint density at radius 3 is 2.53 bits per heavy atom. The van der Waals surface area contributed by atoms with Gasteiger partial charge in [0.05, 0.1) is 12.0 Å². The minimum Gasteiger partial charge on any atom is -0.481 e. The molecule has 0 heterocycles. The number of carbonyl (C=O) groups is 2. The zero-order chi connectivity index (χ0) is 13.9. The van der Waals surface area contributed by atoms with Crippen molar-refractivity contribution in [2.45, 2.75) is 69.9 Å². The second kappa shape index (κ2) is 5.80. The Morgan fingerprint density at radius 1 is 1.26 bits per heavy atom. The number of urea groups is 1. The third-order valence-electron chi connectivity index (χ3n) is 4.45. The number of carboxylic acids is 1. The normalized spacial score (nSPS) is 29.1. The van der Waals surface area contributed by atoms with Crippen molar-refractivity contribution < 1.29 is 14.7 Å². The van der Waals surface area contributed by atoms with Gasteiger partial charge in [-0.2, -0.15) is 0 Å². The number of rotatable bonds is 4. The molecule has 5 heteroatoms. The summed E-state index contributed by atoms with van der Waals surface area (Å²) in [6.07, 6.45) is 7.02. The van der Waals surface area contributed by atoms with Crippen LogP contribution in [-0.2, 0) is 4.79 Å². The van der Waals surface area contributed by atoms with Crippen molar-refractivity contribution in [2.24, 2.45) is 5.92 Å². The standard InChI is InChI=1S/C14H24N2O3/c1-10-4-2-5-11(8-10)15-13(19)16-14(6-3-7-14)9-12(17)18/h10-11H,2-9H2,1H3,(H,17,18)(H2,15,16,19). The van der Waals surface area contributed by atoms with E-state index in [9.17, 15) is 9.59 Å². The van der Waals surface area contributed by atoms with Crippen molar-refractivity contribution in [1.82, 2.24) is 10.6 Å². The van der Waals surface area contributed by atoms with Gasteiger partial charge in [-0.05, 0) is 38.0 Å². The minimum atomic E-state index is -0.841. The lowest BCUT2D eigenvalue weighted by Crippen LogP contribution is -2.58. The summed E-state index contributed by atoms with van der Waals surface area (Å²) >= 11 is 0. The van der Waals surface area contributed by atoms with Gasteiger partial charge in [0.1, 0.15) is 0 Å². The summed E-state index contributed by atoms with van der Waals surface area (Å²) < 4.78 is 0. The van der Waals surface area contributed by atoms with Crippen LogP contribution in [-0.4, -0.2) is 28.7 Å². The lowest BCUT2D eigenvalue weighted by atomic mass is 9.74. The molecular weight excluding hydrogens is 244 g/mol. The highest BCUT2D eigenvalue weighted by atomic mass is 16.4. The largest absolute Gasteiger partial charge is 0.481 e. The zero-order valence-electron chi connectivity index (χ0n) is 11.6. The van der Waals surface area contributed by atoms with E-state index in [2.05, 4.69) is 17.6 Å². The first kappa shape index (κ1) is 14.2. The molecule has 0 bridgehead atoms. The van der Waals surface area contributed by atoms with Crippen LogP contribution in [0.1, 0.15) is 58.3 Å². The van der Waals surface area contributed by atoms with E-state index in [-0.39, 0.29) is 18.5 Å². The number of amides is 2. The van der Waals surface area contributed by atoms with Gasteiger partial charge < -0.3 is 15.7 Å². The molecule has 0 aliphatic heterocycles. The van der Waals surface area contributed by atoms with Crippen LogP contribution in [0, 0.1) is 5.92 Å². The average molecular weight is 268 g/mol. The monoisotopic (exact) mass is 268 g/mol. The van der Waals surface area contributed by atoms with Crippen LogP contribution in [0.15, 0.2) is 0 Å². The summed E-state index contributed by atoms with van der Waals surface area (Å²) in [5, 5.41) is 14.8. The summed E-state index contributed by atoms with van der Waals surface area (Å²) in [4.78, 5) is 22.8. The first-order valence-corrected chi connectivity index (χ1v) is 7.30. The van der Waals surface area contributed by atoms with Gasteiger partial charge in [-0.3, -0.25) is 4.79 Å². The van der Waals surface area contributed by atoms with Crippen LogP contribution in [0.2, 0.25) is 0 Å². The maximum Gasteiger partial charge on any atom is 0.315 e. The van der Waals surface area contributed by atoms with E-state index < -0.39 is 11.5 Å². The molecule has 2 fully saturated rings. The van der Waals surface area contributed by atoms with Gasteiger partial charge >= 0.3 is 12.0 Å². The second-order valence-electron chi connectivity index (χ2n) is 6.27. The van der Waals surface area contributed by atoms with E-state index in [0.717, 1.165) is 38.5 Å². The van der Waals surface area contributed by atoms with Crippen molar-refractivity contribution in [1.29, 1.82) is 0 Å². The lowest BCUT2D eigenvalue weighted by molar-refractivity contribution is -0.139. The molecule has 2 unspecified atom stereocenters. The molecule has 3 N–H and O–H groups in total. The highest BCUT2D eigenvalue weighted by molar-refractivity contribution is 5.77. The average Bonchev–Trinajstić information content (AvgIpc) is 2.25. The summed E-state index contributed by atoms with van der Waals surface area (Å²) in [6.45, 7) is 2.21. The van der Waals surface area contributed by atoms with Gasteiger partial charge in [0, 0.05) is 6.04 Å². The van der Waals surface area contributed by atoms with Gasteiger partial charge in [-0.1, -0.05) is 19.8 Å². The first-order valence-electron chi connectivity index (χ1n) is 7.30. The Bertz CT molecular complexity index is 353. The highest BCUT2D eigenvalue weighted by Crippen LogP contribution is 2.35. The fourth-order valence-electron chi connectivity index (χ4n) is 3.27. The molecular formula is C14H24N2O3. The van der Waals surface area contributed by atoms with Gasteiger partial charge in [0.2, 0.25) is 0 Å². The summed E-state index contributed by atoms with van der Waals surface area (Å²) in [6, 6.07) is 0.0470. The molecule has 0 aromatic heterocycles. The molecule has 0 aromatic rings. The number of carboxylic acid groups (broad SMARTS) is 1. The van der Waals surface area contributed by atoms with Crippen molar-refractivity contribution >= 4 is 12.0 Å².